The number of aromatic nitrogens is 6. The van der Waals surface area contributed by atoms with Crippen molar-refractivity contribution in [1.82, 2.24) is 30.0 Å². The molecule has 9 heteroatoms. The van der Waals surface area contributed by atoms with Gasteiger partial charge in [-0.2, -0.15) is 9.90 Å². The van der Waals surface area contributed by atoms with E-state index in [0.29, 0.717) is 20.5 Å². The summed E-state index contributed by atoms with van der Waals surface area (Å²) < 4.78 is 2.35. The molecule has 0 bridgehead atoms. The Kier molecular flexibility index (Phi) is 3.49. The van der Waals surface area contributed by atoms with Gasteiger partial charge in [0, 0.05) is 10.0 Å². The second-order valence-electron chi connectivity index (χ2n) is 3.99. The van der Waals surface area contributed by atoms with Crippen LogP contribution in [0.15, 0.2) is 29.0 Å². The van der Waals surface area contributed by atoms with Gasteiger partial charge >= 0.3 is 0 Å². The molecule has 0 aliphatic carbocycles. The van der Waals surface area contributed by atoms with E-state index in [0.717, 1.165) is 11.3 Å². The summed E-state index contributed by atoms with van der Waals surface area (Å²) in [6.45, 7) is 0. The van der Waals surface area contributed by atoms with Crippen LogP contribution in [0.25, 0.3) is 17.1 Å². The lowest BCUT2D eigenvalue weighted by molar-refractivity contribution is 0.630. The van der Waals surface area contributed by atoms with Crippen LogP contribution in [0.1, 0.15) is 0 Å². The minimum absolute atomic E-state index is 0.485. The standard InChI is InChI=1S/C11H7BrCl2N6/c1-19-17-11(16-18-19)9-5-15-20(10(9)12)8-3-6(13)2-7(14)4-8/h2-5H,1H3. The average Bonchev–Trinajstić information content (AvgIpc) is 2.94. The molecule has 1 aromatic carbocycles. The first-order chi connectivity index (χ1) is 9.54. The third-order valence-electron chi connectivity index (χ3n) is 2.55. The molecule has 0 radical (unpaired) electrons. The van der Waals surface area contributed by atoms with Crippen molar-refractivity contribution < 1.29 is 0 Å². The first-order valence-electron chi connectivity index (χ1n) is 5.49. The number of hydrogen-bond donors (Lipinski definition) is 0. The zero-order valence-corrected chi connectivity index (χ0v) is 13.2. The zero-order valence-electron chi connectivity index (χ0n) is 10.1. The fraction of sp³-hybridized carbons (Fsp3) is 0.0909. The van der Waals surface area contributed by atoms with E-state index in [1.807, 2.05) is 0 Å². The Labute approximate surface area is 132 Å². The second-order valence-corrected chi connectivity index (χ2v) is 5.62. The summed E-state index contributed by atoms with van der Waals surface area (Å²) >= 11 is 15.5. The Morgan fingerprint density at radius 3 is 2.45 bits per heavy atom. The van der Waals surface area contributed by atoms with Crippen LogP contribution < -0.4 is 0 Å². The van der Waals surface area contributed by atoms with Gasteiger partial charge < -0.3 is 0 Å². The fourth-order valence-electron chi connectivity index (χ4n) is 1.72. The number of nitrogens with zero attached hydrogens (tertiary/aromatic N) is 6. The Hall–Kier alpha value is -1.44. The second kappa shape index (κ2) is 5.16. The molecule has 0 amide bonds. The van der Waals surface area contributed by atoms with Crippen molar-refractivity contribution in [2.45, 2.75) is 0 Å². The van der Waals surface area contributed by atoms with E-state index in [9.17, 15) is 0 Å². The molecule has 3 aromatic rings. The number of halogens is 3. The minimum Gasteiger partial charge on any atom is -0.226 e. The zero-order chi connectivity index (χ0) is 14.3. The summed E-state index contributed by atoms with van der Waals surface area (Å²) in [6.07, 6.45) is 1.65. The van der Waals surface area contributed by atoms with Gasteiger partial charge in [0.05, 0.1) is 24.5 Å². The van der Waals surface area contributed by atoms with E-state index < -0.39 is 0 Å². The highest BCUT2D eigenvalue weighted by atomic mass is 79.9. The van der Waals surface area contributed by atoms with Crippen molar-refractivity contribution in [2.24, 2.45) is 7.05 Å². The predicted octanol–water partition coefficient (Wildman–Crippen LogP) is 3.13. The van der Waals surface area contributed by atoms with Crippen LogP contribution in [0.4, 0.5) is 0 Å². The molecule has 0 atom stereocenters. The van der Waals surface area contributed by atoms with Crippen molar-refractivity contribution in [3.8, 4) is 17.1 Å². The Bertz CT molecular complexity index is 761. The number of tetrazole rings is 1. The minimum atomic E-state index is 0.485. The third-order valence-corrected chi connectivity index (χ3v) is 3.75. The molecule has 0 N–H and O–H groups in total. The highest BCUT2D eigenvalue weighted by molar-refractivity contribution is 9.10. The molecule has 3 rings (SSSR count). The first kappa shape index (κ1) is 13.5. The molecule has 2 aromatic heterocycles. The van der Waals surface area contributed by atoms with E-state index in [1.54, 1.807) is 36.1 Å². The lowest BCUT2D eigenvalue weighted by Gasteiger charge is -2.05. The highest BCUT2D eigenvalue weighted by Gasteiger charge is 2.16. The van der Waals surface area contributed by atoms with E-state index in [1.165, 1.54) is 4.80 Å². The smallest absolute Gasteiger partial charge is 0.209 e. The van der Waals surface area contributed by atoms with Crippen molar-refractivity contribution >= 4 is 39.1 Å². The van der Waals surface area contributed by atoms with E-state index >= 15 is 0 Å². The van der Waals surface area contributed by atoms with Crippen molar-refractivity contribution in [3.63, 3.8) is 0 Å². The Morgan fingerprint density at radius 2 is 1.85 bits per heavy atom. The van der Waals surface area contributed by atoms with Gasteiger partial charge in [-0.05, 0) is 39.3 Å². The number of rotatable bonds is 2. The van der Waals surface area contributed by atoms with E-state index in [-0.39, 0.29) is 0 Å². The highest BCUT2D eigenvalue weighted by Crippen LogP contribution is 2.29. The number of hydrogen-bond acceptors (Lipinski definition) is 4. The lowest BCUT2D eigenvalue weighted by atomic mass is 10.3. The molecule has 0 saturated carbocycles. The van der Waals surface area contributed by atoms with Crippen molar-refractivity contribution in [2.75, 3.05) is 0 Å². The molecule has 6 nitrogen and oxygen atoms in total. The Morgan fingerprint density at radius 1 is 1.15 bits per heavy atom. The van der Waals surface area contributed by atoms with Crippen LogP contribution in [0.2, 0.25) is 10.0 Å². The van der Waals surface area contributed by atoms with Crippen LogP contribution in [0.5, 0.6) is 0 Å². The van der Waals surface area contributed by atoms with Crippen molar-refractivity contribution in [1.29, 1.82) is 0 Å². The molecule has 20 heavy (non-hydrogen) atoms. The maximum atomic E-state index is 6.00. The first-order valence-corrected chi connectivity index (χ1v) is 7.04. The van der Waals surface area contributed by atoms with E-state index in [2.05, 4.69) is 36.4 Å². The van der Waals surface area contributed by atoms with Crippen LogP contribution in [0.3, 0.4) is 0 Å². The van der Waals surface area contributed by atoms with Crippen molar-refractivity contribution in [3.05, 3.63) is 39.0 Å². The fourth-order valence-corrected chi connectivity index (χ4v) is 2.81. The SMILES string of the molecule is Cn1nnc(-c2cnn(-c3cc(Cl)cc(Cl)c3)c2Br)n1. The van der Waals surface area contributed by atoms with Gasteiger partial charge in [0.25, 0.3) is 0 Å². The third kappa shape index (κ3) is 2.44. The van der Waals surface area contributed by atoms with E-state index in [4.69, 9.17) is 23.2 Å². The van der Waals surface area contributed by atoms with Gasteiger partial charge in [0.2, 0.25) is 5.82 Å². The molecule has 0 aliphatic rings. The van der Waals surface area contributed by atoms with Crippen LogP contribution in [0, 0.1) is 0 Å². The summed E-state index contributed by atoms with van der Waals surface area (Å²) in [7, 11) is 1.70. The summed E-state index contributed by atoms with van der Waals surface area (Å²) in [5, 5.41) is 17.3. The van der Waals surface area contributed by atoms with Gasteiger partial charge in [-0.1, -0.05) is 23.2 Å². The molecular weight excluding hydrogens is 367 g/mol. The van der Waals surface area contributed by atoms with Crippen LogP contribution >= 0.6 is 39.1 Å². The van der Waals surface area contributed by atoms with Gasteiger partial charge in [-0.3, -0.25) is 0 Å². The normalized spacial score (nSPS) is 11.0. The maximum Gasteiger partial charge on any atom is 0.209 e. The molecule has 2 heterocycles. The lowest BCUT2D eigenvalue weighted by Crippen LogP contribution is -1.96. The summed E-state index contributed by atoms with van der Waals surface area (Å²) in [4.78, 5) is 1.38. The molecular formula is C11H7BrCl2N6. The molecule has 0 saturated heterocycles. The molecule has 0 fully saturated rings. The summed E-state index contributed by atoms with van der Waals surface area (Å²) in [5.74, 6) is 0.485. The number of benzene rings is 1. The molecule has 0 unspecified atom stereocenters. The van der Waals surface area contributed by atoms with Crippen LogP contribution in [-0.2, 0) is 7.05 Å². The quantitative estimate of drug-likeness (QED) is 0.692. The molecule has 102 valence electrons. The average molecular weight is 374 g/mol. The largest absolute Gasteiger partial charge is 0.226 e. The predicted molar refractivity (Wildman–Crippen MR) is 79.1 cm³/mol. The summed E-state index contributed by atoms with van der Waals surface area (Å²) in [6, 6.07) is 5.19. The summed E-state index contributed by atoms with van der Waals surface area (Å²) in [5.41, 5.74) is 1.47. The van der Waals surface area contributed by atoms with Gasteiger partial charge in [0.1, 0.15) is 4.60 Å². The monoisotopic (exact) mass is 372 g/mol. The van der Waals surface area contributed by atoms with Gasteiger partial charge in [-0.25, -0.2) is 4.68 Å². The van der Waals surface area contributed by atoms with Gasteiger partial charge in [-0.15, -0.1) is 10.2 Å². The molecule has 0 spiro atoms. The molecule has 0 aliphatic heterocycles. The maximum absolute atomic E-state index is 6.00. The topological polar surface area (TPSA) is 61.4 Å². The van der Waals surface area contributed by atoms with Gasteiger partial charge in [0.15, 0.2) is 0 Å². The number of aryl methyl sites for hydroxylation is 1. The Balaban J connectivity index is 2.10. The van der Waals surface area contributed by atoms with Crippen LogP contribution in [-0.4, -0.2) is 30.0 Å².